The van der Waals surface area contributed by atoms with Crippen molar-refractivity contribution in [1.82, 2.24) is 10.3 Å². The van der Waals surface area contributed by atoms with Crippen molar-refractivity contribution in [3.8, 4) is 0 Å². The lowest BCUT2D eigenvalue weighted by Crippen LogP contribution is -2.34. The summed E-state index contributed by atoms with van der Waals surface area (Å²) in [6.45, 7) is 2.22. The second-order valence-electron chi connectivity index (χ2n) is 5.98. The number of unbranched alkanes of at least 4 members (excludes halogenated alkanes) is 4. The van der Waals surface area contributed by atoms with Gasteiger partial charge in [-0.15, -0.1) is 0 Å². The fourth-order valence-electron chi connectivity index (χ4n) is 2.52. The summed E-state index contributed by atoms with van der Waals surface area (Å²) in [5, 5.41) is 5.80. The van der Waals surface area contributed by atoms with Crippen LogP contribution in [0.5, 0.6) is 0 Å². The van der Waals surface area contributed by atoms with E-state index in [1.807, 2.05) is 36.4 Å². The summed E-state index contributed by atoms with van der Waals surface area (Å²) in [6, 6.07) is 13.2. The number of pyridine rings is 1. The van der Waals surface area contributed by atoms with E-state index in [-0.39, 0.29) is 11.0 Å². The van der Waals surface area contributed by atoms with Crippen LogP contribution in [0.25, 0.3) is 0 Å². The van der Waals surface area contributed by atoms with Crippen LogP contribution in [-0.2, 0) is 6.42 Å². The quantitative estimate of drug-likeness (QED) is 0.531. The van der Waals surface area contributed by atoms with Gasteiger partial charge in [-0.05, 0) is 54.9 Å². The summed E-state index contributed by atoms with van der Waals surface area (Å²) in [7, 11) is 0. The van der Waals surface area contributed by atoms with Crippen molar-refractivity contribution in [3.63, 3.8) is 0 Å². The molecule has 0 fully saturated rings. The molecule has 0 aliphatic rings. The summed E-state index contributed by atoms with van der Waals surface area (Å²) in [4.78, 5) is 16.3. The Labute approximate surface area is 155 Å². The van der Waals surface area contributed by atoms with Crippen molar-refractivity contribution in [1.29, 1.82) is 0 Å². The summed E-state index contributed by atoms with van der Waals surface area (Å²) in [5.41, 5.74) is 1.86. The van der Waals surface area contributed by atoms with E-state index < -0.39 is 0 Å². The highest BCUT2D eigenvalue weighted by Crippen LogP contribution is 2.10. The molecule has 0 spiro atoms. The average Bonchev–Trinajstić information content (AvgIpc) is 2.63. The Bertz CT molecular complexity index is 671. The maximum absolute atomic E-state index is 12.2. The highest BCUT2D eigenvalue weighted by molar-refractivity contribution is 7.80. The van der Waals surface area contributed by atoms with Crippen LogP contribution in [0.1, 0.15) is 54.9 Å². The van der Waals surface area contributed by atoms with Crippen molar-refractivity contribution in [2.24, 2.45) is 0 Å². The molecule has 0 bridgehead atoms. The lowest BCUT2D eigenvalue weighted by Gasteiger charge is -2.09. The predicted molar refractivity (Wildman–Crippen MR) is 107 cm³/mol. The molecule has 0 saturated carbocycles. The van der Waals surface area contributed by atoms with Crippen LogP contribution < -0.4 is 10.6 Å². The molecule has 1 heterocycles. The number of carbonyl (C=O) groups is 1. The Balaban J connectivity index is 1.78. The minimum absolute atomic E-state index is 0.220. The molecule has 0 aliphatic heterocycles. The van der Waals surface area contributed by atoms with Crippen molar-refractivity contribution >= 4 is 29.1 Å². The summed E-state index contributed by atoms with van der Waals surface area (Å²) < 4.78 is 0. The molecule has 2 aromatic rings. The summed E-state index contributed by atoms with van der Waals surface area (Å²) >= 11 is 5.15. The molecule has 4 nitrogen and oxygen atoms in total. The number of rotatable bonds is 8. The third-order valence-corrected chi connectivity index (χ3v) is 4.12. The topological polar surface area (TPSA) is 54.0 Å². The first-order chi connectivity index (χ1) is 12.2. The van der Waals surface area contributed by atoms with E-state index >= 15 is 0 Å². The third-order valence-electron chi connectivity index (χ3n) is 3.92. The molecule has 0 atom stereocenters. The zero-order valence-electron chi connectivity index (χ0n) is 14.6. The number of aromatic nitrogens is 1. The van der Waals surface area contributed by atoms with Gasteiger partial charge >= 0.3 is 0 Å². The Hall–Kier alpha value is -2.27. The molecule has 0 aliphatic carbocycles. The SMILES string of the molecule is CCCCCCCc1ccc(C(=O)NC(=S)Nc2ccccn2)cc1. The van der Waals surface area contributed by atoms with Crippen LogP contribution in [0.3, 0.4) is 0 Å². The molecule has 5 heteroatoms. The molecule has 132 valence electrons. The fourth-order valence-corrected chi connectivity index (χ4v) is 2.71. The van der Waals surface area contributed by atoms with Crippen LogP contribution in [-0.4, -0.2) is 16.0 Å². The lowest BCUT2D eigenvalue weighted by molar-refractivity contribution is 0.0977. The van der Waals surface area contributed by atoms with Crippen LogP contribution in [0, 0.1) is 0 Å². The molecule has 2 rings (SSSR count). The number of nitrogens with zero attached hydrogens (tertiary/aromatic N) is 1. The summed E-state index contributed by atoms with van der Waals surface area (Å²) in [6.07, 6.45) is 9.07. The maximum atomic E-state index is 12.2. The van der Waals surface area contributed by atoms with Gasteiger partial charge in [-0.3, -0.25) is 10.1 Å². The average molecular weight is 356 g/mol. The lowest BCUT2D eigenvalue weighted by atomic mass is 10.0. The van der Waals surface area contributed by atoms with Crippen molar-refractivity contribution in [2.75, 3.05) is 5.32 Å². The number of hydrogen-bond acceptors (Lipinski definition) is 3. The van der Waals surface area contributed by atoms with Gasteiger partial charge in [-0.1, -0.05) is 50.8 Å². The molecule has 0 unspecified atom stereocenters. The minimum atomic E-state index is -0.220. The molecule has 2 N–H and O–H groups in total. The second kappa shape index (κ2) is 10.6. The smallest absolute Gasteiger partial charge is 0.257 e. The maximum Gasteiger partial charge on any atom is 0.257 e. The number of nitrogens with one attached hydrogen (secondary N) is 2. The number of anilines is 1. The van der Waals surface area contributed by atoms with Gasteiger partial charge in [0.25, 0.3) is 5.91 Å². The van der Waals surface area contributed by atoms with Gasteiger partial charge in [0.1, 0.15) is 5.82 Å². The van der Waals surface area contributed by atoms with Crippen molar-refractivity contribution in [3.05, 3.63) is 59.8 Å². The Kier molecular flexibility index (Phi) is 8.05. The monoisotopic (exact) mass is 355 g/mol. The van der Waals surface area contributed by atoms with E-state index in [9.17, 15) is 4.79 Å². The highest BCUT2D eigenvalue weighted by Gasteiger charge is 2.08. The van der Waals surface area contributed by atoms with Gasteiger partial charge < -0.3 is 5.32 Å². The minimum Gasteiger partial charge on any atom is -0.317 e. The van der Waals surface area contributed by atoms with E-state index in [0.29, 0.717) is 11.4 Å². The van der Waals surface area contributed by atoms with Gasteiger partial charge in [0.2, 0.25) is 0 Å². The fraction of sp³-hybridized carbons (Fsp3) is 0.350. The van der Waals surface area contributed by atoms with Gasteiger partial charge in [0.05, 0.1) is 0 Å². The molecule has 25 heavy (non-hydrogen) atoms. The summed E-state index contributed by atoms with van der Waals surface area (Å²) in [5.74, 6) is 0.383. The molecular formula is C20H25N3OS. The van der Waals surface area contributed by atoms with E-state index in [4.69, 9.17) is 12.2 Å². The van der Waals surface area contributed by atoms with Crippen LogP contribution >= 0.6 is 12.2 Å². The molecule has 0 radical (unpaired) electrons. The standard InChI is InChI=1S/C20H25N3OS/c1-2-3-4-5-6-9-16-11-13-17(14-12-16)19(24)23-20(25)22-18-10-7-8-15-21-18/h7-8,10-15H,2-6,9H2,1H3,(H2,21,22,23,24,25). The third kappa shape index (κ3) is 7.01. The molecule has 1 amide bonds. The van der Waals surface area contributed by atoms with Crippen LogP contribution in [0.4, 0.5) is 5.82 Å². The van der Waals surface area contributed by atoms with Crippen LogP contribution in [0.2, 0.25) is 0 Å². The molecule has 0 saturated heterocycles. The van der Waals surface area contributed by atoms with E-state index in [1.165, 1.54) is 37.7 Å². The van der Waals surface area contributed by atoms with Gasteiger partial charge in [-0.2, -0.15) is 0 Å². The van der Waals surface area contributed by atoms with Gasteiger partial charge in [0, 0.05) is 11.8 Å². The number of thiocarbonyl (C=S) groups is 1. The number of hydrogen-bond donors (Lipinski definition) is 2. The molecular weight excluding hydrogens is 330 g/mol. The zero-order chi connectivity index (χ0) is 17.9. The zero-order valence-corrected chi connectivity index (χ0v) is 15.4. The van der Waals surface area contributed by atoms with Gasteiger partial charge in [-0.25, -0.2) is 4.98 Å². The molecule has 1 aromatic carbocycles. The van der Waals surface area contributed by atoms with Crippen molar-refractivity contribution in [2.45, 2.75) is 45.4 Å². The van der Waals surface area contributed by atoms with Crippen LogP contribution in [0.15, 0.2) is 48.7 Å². The normalized spacial score (nSPS) is 10.3. The number of carbonyl (C=O) groups excluding carboxylic acids is 1. The largest absolute Gasteiger partial charge is 0.317 e. The Morgan fingerprint density at radius 1 is 1.04 bits per heavy atom. The second-order valence-corrected chi connectivity index (χ2v) is 6.39. The number of benzene rings is 1. The number of amides is 1. The Morgan fingerprint density at radius 2 is 1.80 bits per heavy atom. The van der Waals surface area contributed by atoms with E-state index in [2.05, 4.69) is 22.5 Å². The number of aryl methyl sites for hydroxylation is 1. The highest BCUT2D eigenvalue weighted by atomic mass is 32.1. The van der Waals surface area contributed by atoms with E-state index in [0.717, 1.165) is 6.42 Å². The van der Waals surface area contributed by atoms with Crippen molar-refractivity contribution < 1.29 is 4.79 Å². The first kappa shape index (κ1) is 19.1. The predicted octanol–water partition coefficient (Wildman–Crippen LogP) is 4.72. The molecule has 1 aromatic heterocycles. The Morgan fingerprint density at radius 3 is 2.48 bits per heavy atom. The van der Waals surface area contributed by atoms with E-state index in [1.54, 1.807) is 12.3 Å². The first-order valence-corrected chi connectivity index (χ1v) is 9.22. The van der Waals surface area contributed by atoms with Gasteiger partial charge in [0.15, 0.2) is 5.11 Å². The first-order valence-electron chi connectivity index (χ1n) is 8.81.